The zero-order valence-electron chi connectivity index (χ0n) is 9.84. The summed E-state index contributed by atoms with van der Waals surface area (Å²) in [4.78, 5) is 9.72. The van der Waals surface area contributed by atoms with Gasteiger partial charge in [0, 0.05) is 12.1 Å². The molecule has 2 aromatic rings. The molecule has 0 aliphatic rings. The van der Waals surface area contributed by atoms with Gasteiger partial charge in [0.25, 0.3) is 5.69 Å². The zero-order chi connectivity index (χ0) is 14.7. The van der Waals surface area contributed by atoms with Gasteiger partial charge in [-0.25, -0.2) is 8.78 Å². The van der Waals surface area contributed by atoms with Gasteiger partial charge in [0.15, 0.2) is 11.6 Å². The minimum Gasteiger partial charge on any atom is -0.454 e. The Hall–Kier alpha value is -3.01. The second kappa shape index (κ2) is 5.32. The Morgan fingerprint density at radius 2 is 1.95 bits per heavy atom. The summed E-state index contributed by atoms with van der Waals surface area (Å²) in [6.07, 6.45) is 0. The van der Waals surface area contributed by atoms with Crippen LogP contribution in [0.2, 0.25) is 0 Å². The summed E-state index contributed by atoms with van der Waals surface area (Å²) in [6, 6.07) is 7.74. The molecule has 0 bridgehead atoms. The van der Waals surface area contributed by atoms with Crippen LogP contribution >= 0.6 is 0 Å². The molecule has 2 aromatic carbocycles. The smallest absolute Gasteiger partial charge is 0.272 e. The number of hydrogen-bond acceptors (Lipinski definition) is 4. The number of halogens is 2. The lowest BCUT2D eigenvalue weighted by Gasteiger charge is -2.07. The highest BCUT2D eigenvalue weighted by Crippen LogP contribution is 2.28. The van der Waals surface area contributed by atoms with Crippen molar-refractivity contribution in [3.8, 4) is 17.6 Å². The van der Waals surface area contributed by atoms with E-state index in [-0.39, 0.29) is 17.1 Å². The summed E-state index contributed by atoms with van der Waals surface area (Å²) in [6.45, 7) is 0. The van der Waals surface area contributed by atoms with Crippen LogP contribution in [0.15, 0.2) is 36.4 Å². The first-order chi connectivity index (χ1) is 9.49. The molecule has 0 heterocycles. The molecule has 0 saturated carbocycles. The number of nitro benzene ring substituents is 1. The van der Waals surface area contributed by atoms with Crippen LogP contribution in [0.3, 0.4) is 0 Å². The lowest BCUT2D eigenvalue weighted by Crippen LogP contribution is -1.93. The van der Waals surface area contributed by atoms with Crippen LogP contribution < -0.4 is 4.74 Å². The molecule has 5 nitrogen and oxygen atoms in total. The van der Waals surface area contributed by atoms with Crippen molar-refractivity contribution in [1.82, 2.24) is 0 Å². The third kappa shape index (κ3) is 2.87. The standard InChI is InChI=1S/C13H6F2N2O3/c14-9-3-8(7-16)4-11(5-9)20-13-2-1-10(17(18)19)6-12(13)15/h1-6H. The van der Waals surface area contributed by atoms with Gasteiger partial charge in [0.2, 0.25) is 0 Å². The Morgan fingerprint density at radius 1 is 1.20 bits per heavy atom. The first kappa shape index (κ1) is 13.4. The van der Waals surface area contributed by atoms with E-state index in [1.165, 1.54) is 6.07 Å². The Balaban J connectivity index is 2.33. The van der Waals surface area contributed by atoms with Gasteiger partial charge in [-0.2, -0.15) is 5.26 Å². The summed E-state index contributed by atoms with van der Waals surface area (Å²) in [5.74, 6) is -2.04. The van der Waals surface area contributed by atoms with Gasteiger partial charge < -0.3 is 4.74 Å². The number of rotatable bonds is 3. The fourth-order valence-corrected chi connectivity index (χ4v) is 1.50. The maximum Gasteiger partial charge on any atom is 0.272 e. The van der Waals surface area contributed by atoms with Crippen molar-refractivity contribution in [3.05, 3.63) is 63.7 Å². The Morgan fingerprint density at radius 3 is 2.55 bits per heavy atom. The summed E-state index contributed by atoms with van der Waals surface area (Å²) < 4.78 is 31.8. The van der Waals surface area contributed by atoms with Gasteiger partial charge in [0.05, 0.1) is 22.6 Å². The monoisotopic (exact) mass is 276 g/mol. The fraction of sp³-hybridized carbons (Fsp3) is 0. The number of benzene rings is 2. The second-order valence-corrected chi connectivity index (χ2v) is 3.76. The highest BCUT2D eigenvalue weighted by molar-refractivity contribution is 5.42. The molecular formula is C13H6F2N2O3. The summed E-state index contributed by atoms with van der Waals surface area (Å²) in [5.41, 5.74) is -0.408. The van der Waals surface area contributed by atoms with Crippen molar-refractivity contribution in [3.63, 3.8) is 0 Å². The minimum atomic E-state index is -0.957. The third-order valence-electron chi connectivity index (χ3n) is 2.35. The van der Waals surface area contributed by atoms with Crippen LogP contribution in [0.1, 0.15) is 5.56 Å². The van der Waals surface area contributed by atoms with E-state index in [1.807, 2.05) is 0 Å². The quantitative estimate of drug-likeness (QED) is 0.634. The molecule has 0 saturated heterocycles. The van der Waals surface area contributed by atoms with Gasteiger partial charge in [-0.05, 0) is 18.2 Å². The van der Waals surface area contributed by atoms with Crippen molar-refractivity contribution in [2.75, 3.05) is 0 Å². The van der Waals surface area contributed by atoms with Crippen LogP contribution in [-0.4, -0.2) is 4.92 Å². The Kier molecular flexibility index (Phi) is 3.57. The zero-order valence-corrected chi connectivity index (χ0v) is 9.84. The van der Waals surface area contributed by atoms with Gasteiger partial charge in [0.1, 0.15) is 11.6 Å². The number of non-ortho nitro benzene ring substituents is 1. The van der Waals surface area contributed by atoms with Crippen molar-refractivity contribution >= 4 is 5.69 Å². The molecule has 0 aromatic heterocycles. The molecule has 7 heteroatoms. The number of hydrogen-bond donors (Lipinski definition) is 0. The average molecular weight is 276 g/mol. The molecule has 0 aliphatic carbocycles. The van der Waals surface area contributed by atoms with E-state index in [0.29, 0.717) is 6.07 Å². The molecule has 0 atom stereocenters. The summed E-state index contributed by atoms with van der Waals surface area (Å²) in [7, 11) is 0. The molecule has 0 amide bonds. The predicted molar refractivity (Wildman–Crippen MR) is 64.2 cm³/mol. The van der Waals surface area contributed by atoms with Crippen LogP contribution in [0.5, 0.6) is 11.5 Å². The molecule has 20 heavy (non-hydrogen) atoms. The molecule has 0 aliphatic heterocycles. The van der Waals surface area contributed by atoms with Crippen LogP contribution in [0, 0.1) is 33.1 Å². The third-order valence-corrected chi connectivity index (χ3v) is 2.35. The van der Waals surface area contributed by atoms with Crippen LogP contribution in [0.4, 0.5) is 14.5 Å². The SMILES string of the molecule is N#Cc1cc(F)cc(Oc2ccc([N+](=O)[O-])cc2F)c1. The van der Waals surface area contributed by atoms with Crippen molar-refractivity contribution in [2.24, 2.45) is 0 Å². The lowest BCUT2D eigenvalue weighted by molar-refractivity contribution is -0.385. The fourth-order valence-electron chi connectivity index (χ4n) is 1.50. The first-order valence-corrected chi connectivity index (χ1v) is 5.32. The molecule has 0 unspecified atom stereocenters. The first-order valence-electron chi connectivity index (χ1n) is 5.32. The Bertz CT molecular complexity index is 726. The summed E-state index contributed by atoms with van der Waals surface area (Å²) >= 11 is 0. The van der Waals surface area contributed by atoms with E-state index in [2.05, 4.69) is 0 Å². The molecule has 0 fully saturated rings. The second-order valence-electron chi connectivity index (χ2n) is 3.76. The highest BCUT2D eigenvalue weighted by Gasteiger charge is 2.13. The van der Waals surface area contributed by atoms with E-state index in [4.69, 9.17) is 10.00 Å². The van der Waals surface area contributed by atoms with E-state index >= 15 is 0 Å². The number of nitriles is 1. The molecule has 0 radical (unpaired) electrons. The van der Waals surface area contributed by atoms with Crippen LogP contribution in [0.25, 0.3) is 0 Å². The van der Waals surface area contributed by atoms with Crippen molar-refractivity contribution < 1.29 is 18.4 Å². The van der Waals surface area contributed by atoms with Crippen molar-refractivity contribution in [2.45, 2.75) is 0 Å². The van der Waals surface area contributed by atoms with E-state index < -0.39 is 22.2 Å². The van der Waals surface area contributed by atoms with Gasteiger partial charge in [-0.1, -0.05) is 0 Å². The van der Waals surface area contributed by atoms with Gasteiger partial charge >= 0.3 is 0 Å². The Labute approximate surface area is 111 Å². The van der Waals surface area contributed by atoms with Crippen molar-refractivity contribution in [1.29, 1.82) is 5.26 Å². The maximum atomic E-state index is 13.6. The highest BCUT2D eigenvalue weighted by atomic mass is 19.1. The predicted octanol–water partition coefficient (Wildman–Crippen LogP) is 3.54. The summed E-state index contributed by atoms with van der Waals surface area (Å²) in [5, 5.41) is 19.1. The number of ether oxygens (including phenoxy) is 1. The average Bonchev–Trinajstić information content (AvgIpc) is 2.40. The molecule has 0 N–H and O–H groups in total. The minimum absolute atomic E-state index is 0.0160. The molecule has 2 rings (SSSR count). The number of nitrogens with zero attached hydrogens (tertiary/aromatic N) is 2. The van der Waals surface area contributed by atoms with Gasteiger partial charge in [-0.15, -0.1) is 0 Å². The van der Waals surface area contributed by atoms with Gasteiger partial charge in [-0.3, -0.25) is 10.1 Å². The number of nitro groups is 1. The van der Waals surface area contributed by atoms with E-state index in [0.717, 1.165) is 24.3 Å². The van der Waals surface area contributed by atoms with E-state index in [1.54, 1.807) is 6.07 Å². The molecule has 100 valence electrons. The normalized spacial score (nSPS) is 9.85. The molecule has 0 spiro atoms. The largest absolute Gasteiger partial charge is 0.454 e. The lowest BCUT2D eigenvalue weighted by atomic mass is 10.2. The maximum absolute atomic E-state index is 13.6. The molecular weight excluding hydrogens is 270 g/mol. The van der Waals surface area contributed by atoms with E-state index in [9.17, 15) is 18.9 Å². The van der Waals surface area contributed by atoms with Crippen LogP contribution in [-0.2, 0) is 0 Å². The topological polar surface area (TPSA) is 76.2 Å².